The minimum atomic E-state index is 0.734. The summed E-state index contributed by atoms with van der Waals surface area (Å²) in [7, 11) is 0. The molecule has 1 atom stereocenters. The number of nitrogens with zero attached hydrogens (tertiary/aromatic N) is 1. The van der Waals surface area contributed by atoms with E-state index in [1.807, 2.05) is 0 Å². The van der Waals surface area contributed by atoms with E-state index in [0.29, 0.717) is 0 Å². The molecular formula is C15H22N2O. The van der Waals surface area contributed by atoms with Gasteiger partial charge < -0.3 is 15.0 Å². The molecule has 3 rings (SSSR count). The van der Waals surface area contributed by atoms with E-state index in [1.54, 1.807) is 0 Å². The van der Waals surface area contributed by atoms with E-state index >= 15 is 0 Å². The monoisotopic (exact) mass is 246 g/mol. The summed E-state index contributed by atoms with van der Waals surface area (Å²) in [5.74, 6) is 0.734. The summed E-state index contributed by atoms with van der Waals surface area (Å²) in [6, 6.07) is 8.69. The van der Waals surface area contributed by atoms with Gasteiger partial charge in [-0.1, -0.05) is 18.2 Å². The summed E-state index contributed by atoms with van der Waals surface area (Å²) in [4.78, 5) is 2.56. The lowest BCUT2D eigenvalue weighted by molar-refractivity contribution is 0.138. The molecule has 18 heavy (non-hydrogen) atoms. The zero-order chi connectivity index (χ0) is 12.2. The first-order chi connectivity index (χ1) is 8.92. The van der Waals surface area contributed by atoms with Gasteiger partial charge in [-0.2, -0.15) is 0 Å². The van der Waals surface area contributed by atoms with Crippen LogP contribution in [-0.4, -0.2) is 44.3 Å². The summed E-state index contributed by atoms with van der Waals surface area (Å²) in [6.45, 7) is 6.42. The highest BCUT2D eigenvalue weighted by molar-refractivity contribution is 5.53. The smallest absolute Gasteiger partial charge is 0.0593 e. The molecule has 98 valence electrons. The Morgan fingerprint density at radius 3 is 3.17 bits per heavy atom. The van der Waals surface area contributed by atoms with Gasteiger partial charge in [0.25, 0.3) is 0 Å². The van der Waals surface area contributed by atoms with Gasteiger partial charge in [-0.25, -0.2) is 0 Å². The van der Waals surface area contributed by atoms with Gasteiger partial charge in [0, 0.05) is 38.5 Å². The van der Waals surface area contributed by atoms with Crippen LogP contribution in [-0.2, 0) is 11.2 Å². The molecule has 1 fully saturated rings. The van der Waals surface area contributed by atoms with Crippen molar-refractivity contribution < 1.29 is 4.74 Å². The van der Waals surface area contributed by atoms with Crippen molar-refractivity contribution in [2.75, 3.05) is 44.7 Å². The maximum Gasteiger partial charge on any atom is 0.0593 e. The fraction of sp³-hybridized carbons (Fsp3) is 0.600. The predicted molar refractivity (Wildman–Crippen MR) is 74.0 cm³/mol. The van der Waals surface area contributed by atoms with Crippen LogP contribution < -0.4 is 5.32 Å². The van der Waals surface area contributed by atoms with Crippen molar-refractivity contribution in [1.82, 2.24) is 4.90 Å². The maximum atomic E-state index is 5.51. The Hall–Kier alpha value is -1.06. The Bertz CT molecular complexity index is 386. The number of hydrogen-bond donors (Lipinski definition) is 1. The summed E-state index contributed by atoms with van der Waals surface area (Å²) in [5, 5.41) is 3.56. The fourth-order valence-corrected chi connectivity index (χ4v) is 2.98. The highest BCUT2D eigenvalue weighted by Gasteiger charge is 2.20. The molecular weight excluding hydrogens is 224 g/mol. The van der Waals surface area contributed by atoms with Crippen LogP contribution in [0.25, 0.3) is 0 Å². The van der Waals surface area contributed by atoms with E-state index in [0.717, 1.165) is 32.2 Å². The lowest BCUT2D eigenvalue weighted by atomic mass is 9.93. The summed E-state index contributed by atoms with van der Waals surface area (Å²) >= 11 is 0. The highest BCUT2D eigenvalue weighted by atomic mass is 16.5. The van der Waals surface area contributed by atoms with Crippen molar-refractivity contribution in [1.29, 1.82) is 0 Å². The van der Waals surface area contributed by atoms with Crippen molar-refractivity contribution in [3.05, 3.63) is 29.8 Å². The Labute approximate surface area is 109 Å². The Morgan fingerprint density at radius 1 is 1.22 bits per heavy atom. The molecule has 0 spiro atoms. The first-order valence-corrected chi connectivity index (χ1v) is 7.04. The molecule has 1 N–H and O–H groups in total. The third-order valence-electron chi connectivity index (χ3n) is 3.94. The lowest BCUT2D eigenvalue weighted by Crippen LogP contribution is -2.37. The second kappa shape index (κ2) is 5.72. The average Bonchev–Trinajstić information content (AvgIpc) is 2.67. The van der Waals surface area contributed by atoms with Crippen LogP contribution in [0, 0.1) is 5.92 Å². The number of nitrogens with one attached hydrogen (secondary N) is 1. The third kappa shape index (κ3) is 2.85. The molecule has 1 aromatic carbocycles. The molecule has 1 unspecified atom stereocenters. The SMILES string of the molecule is c1ccc2c(c1)CC(CN1CCCOCC1)CN2. The number of hydrogen-bond acceptors (Lipinski definition) is 3. The molecule has 3 nitrogen and oxygen atoms in total. The molecule has 0 amide bonds. The number of benzene rings is 1. The van der Waals surface area contributed by atoms with Gasteiger partial charge in [0.1, 0.15) is 0 Å². The predicted octanol–water partition coefficient (Wildman–Crippen LogP) is 1.99. The average molecular weight is 246 g/mol. The van der Waals surface area contributed by atoms with Crippen molar-refractivity contribution in [3.8, 4) is 0 Å². The molecule has 0 radical (unpaired) electrons. The normalized spacial score (nSPS) is 25.0. The van der Waals surface area contributed by atoms with Crippen LogP contribution >= 0.6 is 0 Å². The standard InChI is InChI=1S/C15H22N2O/c1-2-5-15-14(4-1)10-13(11-16-15)12-17-6-3-8-18-9-7-17/h1-2,4-5,13,16H,3,6-12H2. The molecule has 0 bridgehead atoms. The van der Waals surface area contributed by atoms with E-state index < -0.39 is 0 Å². The van der Waals surface area contributed by atoms with E-state index in [1.165, 1.54) is 37.2 Å². The number of rotatable bonds is 2. The first-order valence-electron chi connectivity index (χ1n) is 7.04. The van der Waals surface area contributed by atoms with Gasteiger partial charge in [0.05, 0.1) is 6.61 Å². The lowest BCUT2D eigenvalue weighted by Gasteiger charge is -2.30. The van der Waals surface area contributed by atoms with Crippen LogP contribution in [0.2, 0.25) is 0 Å². The zero-order valence-corrected chi connectivity index (χ0v) is 10.9. The molecule has 1 saturated heterocycles. The minimum Gasteiger partial charge on any atom is -0.384 e. The molecule has 0 aliphatic carbocycles. The van der Waals surface area contributed by atoms with Gasteiger partial charge in [-0.15, -0.1) is 0 Å². The second-order valence-electron chi connectivity index (χ2n) is 5.37. The van der Waals surface area contributed by atoms with E-state index in [-0.39, 0.29) is 0 Å². The Balaban J connectivity index is 1.58. The van der Waals surface area contributed by atoms with Crippen LogP contribution in [0.3, 0.4) is 0 Å². The number of ether oxygens (including phenoxy) is 1. The Morgan fingerprint density at radius 2 is 2.17 bits per heavy atom. The third-order valence-corrected chi connectivity index (χ3v) is 3.94. The van der Waals surface area contributed by atoms with Crippen LogP contribution in [0.5, 0.6) is 0 Å². The van der Waals surface area contributed by atoms with Gasteiger partial charge in [0.2, 0.25) is 0 Å². The number of anilines is 1. The largest absolute Gasteiger partial charge is 0.384 e. The minimum absolute atomic E-state index is 0.734. The van der Waals surface area contributed by atoms with Gasteiger partial charge in [-0.05, 0) is 30.4 Å². The summed E-state index contributed by atoms with van der Waals surface area (Å²) in [6.07, 6.45) is 2.39. The van der Waals surface area contributed by atoms with Gasteiger partial charge in [-0.3, -0.25) is 0 Å². The molecule has 0 aromatic heterocycles. The van der Waals surface area contributed by atoms with Crippen molar-refractivity contribution in [3.63, 3.8) is 0 Å². The number of fused-ring (bicyclic) bond motifs is 1. The first kappa shape index (κ1) is 12.0. The zero-order valence-electron chi connectivity index (χ0n) is 10.9. The van der Waals surface area contributed by atoms with Gasteiger partial charge >= 0.3 is 0 Å². The molecule has 1 aromatic rings. The fourth-order valence-electron chi connectivity index (χ4n) is 2.98. The van der Waals surface area contributed by atoms with Crippen LogP contribution in [0.4, 0.5) is 5.69 Å². The van der Waals surface area contributed by atoms with Crippen LogP contribution in [0.15, 0.2) is 24.3 Å². The van der Waals surface area contributed by atoms with Gasteiger partial charge in [0.15, 0.2) is 0 Å². The second-order valence-corrected chi connectivity index (χ2v) is 5.37. The molecule has 2 aliphatic rings. The maximum absolute atomic E-state index is 5.51. The van der Waals surface area contributed by atoms with Crippen molar-refractivity contribution >= 4 is 5.69 Å². The molecule has 0 saturated carbocycles. The van der Waals surface area contributed by atoms with E-state index in [2.05, 4.69) is 34.5 Å². The Kier molecular flexibility index (Phi) is 3.81. The molecule has 3 heteroatoms. The summed E-state index contributed by atoms with van der Waals surface area (Å²) < 4.78 is 5.51. The van der Waals surface area contributed by atoms with E-state index in [9.17, 15) is 0 Å². The summed E-state index contributed by atoms with van der Waals surface area (Å²) in [5.41, 5.74) is 2.80. The van der Waals surface area contributed by atoms with Crippen molar-refractivity contribution in [2.45, 2.75) is 12.8 Å². The highest BCUT2D eigenvalue weighted by Crippen LogP contribution is 2.24. The topological polar surface area (TPSA) is 24.5 Å². The van der Waals surface area contributed by atoms with Crippen LogP contribution in [0.1, 0.15) is 12.0 Å². The van der Waals surface area contributed by atoms with E-state index in [4.69, 9.17) is 4.74 Å². The molecule has 2 heterocycles. The number of para-hydroxylation sites is 1. The quantitative estimate of drug-likeness (QED) is 0.863. The van der Waals surface area contributed by atoms with Crippen molar-refractivity contribution in [2.24, 2.45) is 5.92 Å². The molecule has 2 aliphatic heterocycles.